The summed E-state index contributed by atoms with van der Waals surface area (Å²) in [5, 5.41) is 3.32. The van der Waals surface area contributed by atoms with E-state index in [1.54, 1.807) is 6.07 Å². The number of anilines is 2. The Kier molecular flexibility index (Phi) is 6.43. The minimum atomic E-state index is 0.404. The molecule has 102 valence electrons. The monoisotopic (exact) mass is 252 g/mol. The zero-order valence-electron chi connectivity index (χ0n) is 11.6. The van der Waals surface area contributed by atoms with Crippen LogP contribution >= 0.6 is 0 Å². The fraction of sp³-hybridized carbons (Fsp3) is 0.692. The largest absolute Gasteiger partial charge is 0.384 e. The van der Waals surface area contributed by atoms with Crippen LogP contribution in [0.25, 0.3) is 0 Å². The van der Waals surface area contributed by atoms with Gasteiger partial charge >= 0.3 is 0 Å². The molecule has 0 fully saturated rings. The third-order valence-electron chi connectivity index (χ3n) is 2.95. The number of aromatic nitrogens is 2. The fourth-order valence-electron chi connectivity index (χ4n) is 1.69. The smallest absolute Gasteiger partial charge is 0.158 e. The molecule has 18 heavy (non-hydrogen) atoms. The molecule has 0 amide bonds. The van der Waals surface area contributed by atoms with Gasteiger partial charge < -0.3 is 15.8 Å². The van der Waals surface area contributed by atoms with Gasteiger partial charge in [-0.3, -0.25) is 0 Å². The van der Waals surface area contributed by atoms with Gasteiger partial charge in [0, 0.05) is 19.2 Å². The Hall–Kier alpha value is -1.36. The summed E-state index contributed by atoms with van der Waals surface area (Å²) < 4.78 is 5.29. The van der Waals surface area contributed by atoms with E-state index in [4.69, 9.17) is 10.5 Å². The molecule has 5 nitrogen and oxygen atoms in total. The van der Waals surface area contributed by atoms with Gasteiger partial charge in [-0.05, 0) is 12.8 Å². The fourth-order valence-corrected chi connectivity index (χ4v) is 1.69. The van der Waals surface area contributed by atoms with Crippen LogP contribution in [0.1, 0.15) is 39.4 Å². The summed E-state index contributed by atoms with van der Waals surface area (Å²) in [6.45, 7) is 8.31. The Bertz CT molecular complexity index is 353. The second-order valence-corrected chi connectivity index (χ2v) is 4.29. The maximum atomic E-state index is 5.76. The second-order valence-electron chi connectivity index (χ2n) is 4.29. The van der Waals surface area contributed by atoms with E-state index in [1.807, 2.05) is 6.92 Å². The average Bonchev–Trinajstić information content (AvgIpc) is 2.37. The number of rotatable bonds is 8. The van der Waals surface area contributed by atoms with Crippen LogP contribution in [0, 0.1) is 5.92 Å². The molecule has 1 aromatic rings. The van der Waals surface area contributed by atoms with Crippen LogP contribution in [0.15, 0.2) is 6.07 Å². The Morgan fingerprint density at radius 2 is 2.00 bits per heavy atom. The highest BCUT2D eigenvalue weighted by Gasteiger charge is 2.06. The highest BCUT2D eigenvalue weighted by atomic mass is 16.5. The minimum absolute atomic E-state index is 0.404. The maximum Gasteiger partial charge on any atom is 0.158 e. The van der Waals surface area contributed by atoms with Crippen molar-refractivity contribution in [3.63, 3.8) is 0 Å². The minimum Gasteiger partial charge on any atom is -0.384 e. The summed E-state index contributed by atoms with van der Waals surface area (Å²) in [5.74, 6) is 2.55. The maximum absolute atomic E-state index is 5.76. The Labute approximate surface area is 109 Å². The molecule has 0 aromatic carbocycles. The molecule has 0 aliphatic rings. The van der Waals surface area contributed by atoms with Crippen molar-refractivity contribution in [3.05, 3.63) is 11.9 Å². The highest BCUT2D eigenvalue weighted by molar-refractivity contribution is 5.44. The summed E-state index contributed by atoms with van der Waals surface area (Å²) in [7, 11) is 0. The number of nitrogen functional groups attached to an aromatic ring is 1. The van der Waals surface area contributed by atoms with Gasteiger partial charge in [-0.15, -0.1) is 0 Å². The van der Waals surface area contributed by atoms with Crippen molar-refractivity contribution in [2.24, 2.45) is 5.92 Å². The lowest BCUT2D eigenvalue weighted by atomic mass is 10.0. The van der Waals surface area contributed by atoms with Gasteiger partial charge in [0.15, 0.2) is 5.82 Å². The van der Waals surface area contributed by atoms with Crippen LogP contribution in [-0.2, 0) is 11.3 Å². The van der Waals surface area contributed by atoms with E-state index in [0.29, 0.717) is 30.8 Å². The normalized spacial score (nSPS) is 10.9. The first-order valence-electron chi connectivity index (χ1n) is 6.64. The lowest BCUT2D eigenvalue weighted by Gasteiger charge is -2.14. The summed E-state index contributed by atoms with van der Waals surface area (Å²) in [5.41, 5.74) is 5.76. The molecule has 0 spiro atoms. The quantitative estimate of drug-likeness (QED) is 0.743. The van der Waals surface area contributed by atoms with Gasteiger partial charge in [0.25, 0.3) is 0 Å². The molecule has 0 aliphatic carbocycles. The zero-order chi connectivity index (χ0) is 13.4. The molecular formula is C13H24N4O. The Morgan fingerprint density at radius 1 is 1.28 bits per heavy atom. The van der Waals surface area contributed by atoms with Gasteiger partial charge in [0.05, 0.1) is 0 Å². The summed E-state index contributed by atoms with van der Waals surface area (Å²) >= 11 is 0. The molecule has 0 saturated carbocycles. The third-order valence-corrected chi connectivity index (χ3v) is 2.95. The first-order chi connectivity index (χ1) is 8.69. The molecule has 1 heterocycles. The molecule has 0 atom stereocenters. The van der Waals surface area contributed by atoms with Crippen molar-refractivity contribution in [2.45, 2.75) is 40.2 Å². The zero-order valence-corrected chi connectivity index (χ0v) is 11.6. The Balaban J connectivity index is 2.61. The highest BCUT2D eigenvalue weighted by Crippen LogP contribution is 2.12. The summed E-state index contributed by atoms with van der Waals surface area (Å²) in [6, 6.07) is 1.76. The lowest BCUT2D eigenvalue weighted by molar-refractivity contribution is 0.128. The van der Waals surface area contributed by atoms with E-state index in [0.717, 1.165) is 25.2 Å². The molecular weight excluding hydrogens is 228 g/mol. The van der Waals surface area contributed by atoms with E-state index < -0.39 is 0 Å². The van der Waals surface area contributed by atoms with Crippen LogP contribution in [0.2, 0.25) is 0 Å². The molecule has 1 rings (SSSR count). The summed E-state index contributed by atoms with van der Waals surface area (Å²) in [6.07, 6.45) is 2.33. The topological polar surface area (TPSA) is 73.1 Å². The molecule has 0 saturated heterocycles. The van der Waals surface area contributed by atoms with Crippen molar-refractivity contribution in [1.82, 2.24) is 9.97 Å². The molecule has 1 aromatic heterocycles. The van der Waals surface area contributed by atoms with Gasteiger partial charge in [-0.25, -0.2) is 9.97 Å². The van der Waals surface area contributed by atoms with Gasteiger partial charge in [0.2, 0.25) is 0 Å². The molecule has 3 N–H and O–H groups in total. The van der Waals surface area contributed by atoms with E-state index >= 15 is 0 Å². The van der Waals surface area contributed by atoms with Crippen molar-refractivity contribution in [1.29, 1.82) is 0 Å². The van der Waals surface area contributed by atoms with Gasteiger partial charge in [0.1, 0.15) is 18.2 Å². The molecule has 0 aliphatic heterocycles. The number of nitrogens with two attached hydrogens (primary N) is 1. The lowest BCUT2D eigenvalue weighted by Crippen LogP contribution is -2.15. The van der Waals surface area contributed by atoms with E-state index in [9.17, 15) is 0 Å². The van der Waals surface area contributed by atoms with Crippen LogP contribution in [0.3, 0.4) is 0 Å². The number of nitrogens with one attached hydrogen (secondary N) is 1. The van der Waals surface area contributed by atoms with Crippen LogP contribution < -0.4 is 11.1 Å². The number of hydrogen-bond acceptors (Lipinski definition) is 5. The van der Waals surface area contributed by atoms with Gasteiger partial charge in [-0.1, -0.05) is 26.7 Å². The van der Waals surface area contributed by atoms with E-state index in [-0.39, 0.29) is 0 Å². The molecule has 0 unspecified atom stereocenters. The van der Waals surface area contributed by atoms with Crippen molar-refractivity contribution >= 4 is 11.6 Å². The number of hydrogen-bond donors (Lipinski definition) is 2. The first kappa shape index (κ1) is 14.7. The molecule has 0 bridgehead atoms. The van der Waals surface area contributed by atoms with Gasteiger partial charge in [-0.2, -0.15) is 0 Å². The summed E-state index contributed by atoms with van der Waals surface area (Å²) in [4.78, 5) is 8.52. The third kappa shape index (κ3) is 4.87. The van der Waals surface area contributed by atoms with Crippen LogP contribution in [0.5, 0.6) is 0 Å². The predicted octanol–water partition coefficient (Wildman–Crippen LogP) is 2.44. The van der Waals surface area contributed by atoms with Crippen molar-refractivity contribution in [2.75, 3.05) is 24.2 Å². The molecule has 5 heteroatoms. The van der Waals surface area contributed by atoms with E-state index in [1.165, 1.54) is 0 Å². The van der Waals surface area contributed by atoms with E-state index in [2.05, 4.69) is 29.1 Å². The predicted molar refractivity (Wildman–Crippen MR) is 74.3 cm³/mol. The number of nitrogens with zero attached hydrogens (tertiary/aromatic N) is 2. The number of ether oxygens (including phenoxy) is 1. The first-order valence-corrected chi connectivity index (χ1v) is 6.64. The standard InChI is InChI=1S/C13H24N4O/c1-4-10(5-2)8-15-12-7-11(14)16-13(17-12)9-18-6-3/h7,10H,4-6,8-9H2,1-3H3,(H3,14,15,16,17). The molecule has 0 radical (unpaired) electrons. The second kappa shape index (κ2) is 7.87. The van der Waals surface area contributed by atoms with Crippen molar-refractivity contribution < 1.29 is 4.74 Å². The van der Waals surface area contributed by atoms with Crippen molar-refractivity contribution in [3.8, 4) is 0 Å². The average molecular weight is 252 g/mol. The van der Waals surface area contributed by atoms with Crippen LogP contribution in [-0.4, -0.2) is 23.1 Å². The SMILES string of the molecule is CCOCc1nc(N)cc(NCC(CC)CC)n1. The Morgan fingerprint density at radius 3 is 2.61 bits per heavy atom. The van der Waals surface area contributed by atoms with Crippen LogP contribution in [0.4, 0.5) is 11.6 Å².